The molecule has 0 fully saturated rings. The quantitative estimate of drug-likeness (QED) is 0.932. The first-order valence-electron chi connectivity index (χ1n) is 6.47. The third kappa shape index (κ3) is 4.09. The van der Waals surface area contributed by atoms with Gasteiger partial charge in [0.05, 0.1) is 0 Å². The second kappa shape index (κ2) is 6.42. The molecule has 1 N–H and O–H groups in total. The molecule has 5 heteroatoms. The molecule has 0 unspecified atom stereocenters. The first-order chi connectivity index (χ1) is 9.44. The number of aromatic amines is 1. The Morgan fingerprint density at radius 1 is 1.25 bits per heavy atom. The van der Waals surface area contributed by atoms with Crippen molar-refractivity contribution in [3.63, 3.8) is 0 Å². The van der Waals surface area contributed by atoms with E-state index in [0.717, 1.165) is 17.7 Å². The normalized spacial score (nSPS) is 11.1. The van der Waals surface area contributed by atoms with E-state index in [9.17, 15) is 4.79 Å². The highest BCUT2D eigenvalue weighted by atomic mass is 35.5. The molecule has 1 heterocycles. The van der Waals surface area contributed by atoms with E-state index < -0.39 is 0 Å². The van der Waals surface area contributed by atoms with E-state index >= 15 is 0 Å². The molecule has 0 aliphatic rings. The topological polar surface area (TPSA) is 45.8 Å². The molecule has 3 nitrogen and oxygen atoms in total. The van der Waals surface area contributed by atoms with E-state index in [1.165, 1.54) is 0 Å². The maximum Gasteiger partial charge on any atom is 0.251 e. The molecule has 0 amide bonds. The number of benzene rings is 1. The molecule has 0 aliphatic carbocycles. The fourth-order valence-electron chi connectivity index (χ4n) is 2.02. The second-order valence-electron chi connectivity index (χ2n) is 5.19. The van der Waals surface area contributed by atoms with Crippen LogP contribution in [0.25, 0.3) is 0 Å². The lowest BCUT2D eigenvalue weighted by Gasteiger charge is -2.08. The zero-order chi connectivity index (χ0) is 14.7. The Morgan fingerprint density at radius 3 is 2.65 bits per heavy atom. The highest BCUT2D eigenvalue weighted by Crippen LogP contribution is 2.22. The van der Waals surface area contributed by atoms with Gasteiger partial charge in [0.2, 0.25) is 0 Å². The highest BCUT2D eigenvalue weighted by molar-refractivity contribution is 6.35. The molecule has 0 aliphatic heterocycles. The minimum atomic E-state index is -0.129. The van der Waals surface area contributed by atoms with Gasteiger partial charge in [-0.25, -0.2) is 4.98 Å². The van der Waals surface area contributed by atoms with Gasteiger partial charge in [-0.3, -0.25) is 4.79 Å². The number of H-pyrrole nitrogens is 1. The van der Waals surface area contributed by atoms with Crippen LogP contribution in [0.15, 0.2) is 29.1 Å². The minimum absolute atomic E-state index is 0.129. The highest BCUT2D eigenvalue weighted by Gasteiger charge is 2.07. The number of aromatic nitrogens is 2. The average molecular weight is 311 g/mol. The molecule has 0 spiro atoms. The Kier molecular flexibility index (Phi) is 4.84. The minimum Gasteiger partial charge on any atom is -0.310 e. The summed E-state index contributed by atoms with van der Waals surface area (Å²) in [6.07, 6.45) is 1.27. The summed E-state index contributed by atoms with van der Waals surface area (Å²) in [5.74, 6) is 1.08. The molecule has 1 aromatic heterocycles. The largest absolute Gasteiger partial charge is 0.310 e. The van der Waals surface area contributed by atoms with Gasteiger partial charge in [0, 0.05) is 28.2 Å². The molecule has 1 aromatic carbocycles. The van der Waals surface area contributed by atoms with Gasteiger partial charge in [0.25, 0.3) is 5.56 Å². The lowest BCUT2D eigenvalue weighted by Crippen LogP contribution is -2.14. The summed E-state index contributed by atoms with van der Waals surface area (Å²) < 4.78 is 0. The van der Waals surface area contributed by atoms with E-state index in [1.807, 2.05) is 6.07 Å². The van der Waals surface area contributed by atoms with Crippen LogP contribution in [0.5, 0.6) is 0 Å². The Hall–Kier alpha value is -1.32. The summed E-state index contributed by atoms with van der Waals surface area (Å²) in [5, 5.41) is 1.17. The Labute approximate surface area is 128 Å². The van der Waals surface area contributed by atoms with Gasteiger partial charge in [0.15, 0.2) is 0 Å². The molecule has 2 aromatic rings. The van der Waals surface area contributed by atoms with Gasteiger partial charge >= 0.3 is 0 Å². The predicted molar refractivity (Wildman–Crippen MR) is 82.7 cm³/mol. The summed E-state index contributed by atoms with van der Waals surface area (Å²) in [5.41, 5.74) is 1.57. The van der Waals surface area contributed by atoms with E-state index in [-0.39, 0.29) is 5.56 Å². The number of hydrogen-bond acceptors (Lipinski definition) is 2. The van der Waals surface area contributed by atoms with E-state index in [0.29, 0.717) is 28.2 Å². The predicted octanol–water partition coefficient (Wildman–Crippen LogP) is 3.87. The van der Waals surface area contributed by atoms with Gasteiger partial charge in [-0.05, 0) is 30.0 Å². The molecular weight excluding hydrogens is 295 g/mol. The SMILES string of the molecule is CC(C)Cc1cc(=O)[nH]c(Cc2ccc(Cl)cc2Cl)n1. The van der Waals surface area contributed by atoms with Gasteiger partial charge < -0.3 is 4.98 Å². The van der Waals surface area contributed by atoms with Crippen LogP contribution in [0.1, 0.15) is 30.9 Å². The zero-order valence-electron chi connectivity index (χ0n) is 11.4. The molecule has 0 saturated heterocycles. The fourth-order valence-corrected chi connectivity index (χ4v) is 2.49. The average Bonchev–Trinajstić information content (AvgIpc) is 2.31. The first-order valence-corrected chi connectivity index (χ1v) is 7.22. The molecule has 0 radical (unpaired) electrons. The summed E-state index contributed by atoms with van der Waals surface area (Å²) in [4.78, 5) is 18.9. The lowest BCUT2D eigenvalue weighted by atomic mass is 10.1. The van der Waals surface area contributed by atoms with Gasteiger partial charge in [-0.1, -0.05) is 43.1 Å². The van der Waals surface area contributed by atoms with Crippen molar-refractivity contribution in [2.24, 2.45) is 5.92 Å². The van der Waals surface area contributed by atoms with Gasteiger partial charge in [0.1, 0.15) is 5.82 Å². The van der Waals surface area contributed by atoms with E-state index in [2.05, 4.69) is 23.8 Å². The maximum atomic E-state index is 11.7. The molecular formula is C15H16Cl2N2O. The van der Waals surface area contributed by atoms with Crippen molar-refractivity contribution >= 4 is 23.2 Å². The molecule has 20 heavy (non-hydrogen) atoms. The third-order valence-corrected chi connectivity index (χ3v) is 3.42. The number of hydrogen-bond donors (Lipinski definition) is 1. The van der Waals surface area contributed by atoms with Crippen molar-refractivity contribution in [2.75, 3.05) is 0 Å². The maximum absolute atomic E-state index is 11.7. The molecule has 0 atom stereocenters. The lowest BCUT2D eigenvalue weighted by molar-refractivity contribution is 0.630. The summed E-state index contributed by atoms with van der Waals surface area (Å²) >= 11 is 12.0. The number of nitrogens with zero attached hydrogens (tertiary/aromatic N) is 1. The number of rotatable bonds is 4. The van der Waals surface area contributed by atoms with Crippen LogP contribution in [-0.2, 0) is 12.8 Å². The summed E-state index contributed by atoms with van der Waals surface area (Å²) in [6, 6.07) is 6.86. The van der Waals surface area contributed by atoms with Crippen LogP contribution in [-0.4, -0.2) is 9.97 Å². The second-order valence-corrected chi connectivity index (χ2v) is 6.04. The van der Waals surface area contributed by atoms with Crippen molar-refractivity contribution in [3.8, 4) is 0 Å². The molecule has 106 valence electrons. The number of halogens is 2. The fraction of sp³-hybridized carbons (Fsp3) is 0.333. The van der Waals surface area contributed by atoms with Crippen LogP contribution in [0.2, 0.25) is 10.0 Å². The Morgan fingerprint density at radius 2 is 2.00 bits per heavy atom. The van der Waals surface area contributed by atoms with Crippen LogP contribution in [0.3, 0.4) is 0 Å². The Balaban J connectivity index is 2.29. The molecule has 0 saturated carbocycles. The van der Waals surface area contributed by atoms with E-state index in [1.54, 1.807) is 18.2 Å². The first kappa shape index (κ1) is 15.1. The standard InChI is InChI=1S/C15H16Cl2N2O/c1-9(2)5-12-8-15(20)19-14(18-12)6-10-3-4-11(16)7-13(10)17/h3-4,7-9H,5-6H2,1-2H3,(H,18,19,20). The molecule has 2 rings (SSSR count). The Bertz CT molecular complexity index is 665. The van der Waals surface area contributed by atoms with Crippen molar-refractivity contribution in [3.05, 3.63) is 61.7 Å². The molecule has 0 bridgehead atoms. The van der Waals surface area contributed by atoms with Crippen molar-refractivity contribution < 1.29 is 0 Å². The third-order valence-electron chi connectivity index (χ3n) is 2.83. The summed E-state index contributed by atoms with van der Waals surface area (Å²) in [6.45, 7) is 4.19. The van der Waals surface area contributed by atoms with Gasteiger partial charge in [-0.2, -0.15) is 0 Å². The van der Waals surface area contributed by atoms with Crippen LogP contribution in [0, 0.1) is 5.92 Å². The van der Waals surface area contributed by atoms with Crippen LogP contribution in [0.4, 0.5) is 0 Å². The van der Waals surface area contributed by atoms with E-state index in [4.69, 9.17) is 23.2 Å². The van der Waals surface area contributed by atoms with Crippen LogP contribution < -0.4 is 5.56 Å². The van der Waals surface area contributed by atoms with Crippen molar-refractivity contribution in [1.82, 2.24) is 9.97 Å². The van der Waals surface area contributed by atoms with Crippen LogP contribution >= 0.6 is 23.2 Å². The summed E-state index contributed by atoms with van der Waals surface area (Å²) in [7, 11) is 0. The van der Waals surface area contributed by atoms with Gasteiger partial charge in [-0.15, -0.1) is 0 Å². The zero-order valence-corrected chi connectivity index (χ0v) is 12.9. The number of nitrogens with one attached hydrogen (secondary N) is 1. The smallest absolute Gasteiger partial charge is 0.251 e. The van der Waals surface area contributed by atoms with Crippen molar-refractivity contribution in [1.29, 1.82) is 0 Å². The van der Waals surface area contributed by atoms with Crippen molar-refractivity contribution in [2.45, 2.75) is 26.7 Å². The monoisotopic (exact) mass is 310 g/mol.